The van der Waals surface area contributed by atoms with E-state index in [0.717, 1.165) is 53.5 Å². The summed E-state index contributed by atoms with van der Waals surface area (Å²) in [5.74, 6) is 0. The number of thioether (sulfide) groups is 1. The summed E-state index contributed by atoms with van der Waals surface area (Å²) in [5.41, 5.74) is 3.57. The Kier molecular flexibility index (Phi) is 5.46. The highest BCUT2D eigenvalue weighted by atomic mass is 32.2. The molecule has 1 unspecified atom stereocenters. The lowest BCUT2D eigenvalue weighted by molar-refractivity contribution is -0.915. The number of aromatic nitrogens is 2. The van der Waals surface area contributed by atoms with Crippen LogP contribution in [0.5, 0.6) is 0 Å². The van der Waals surface area contributed by atoms with Crippen molar-refractivity contribution in [1.82, 2.24) is 9.55 Å². The van der Waals surface area contributed by atoms with Gasteiger partial charge in [0.05, 0.1) is 29.0 Å². The lowest BCUT2D eigenvalue weighted by atomic mass is 10.0. The summed E-state index contributed by atoms with van der Waals surface area (Å²) in [7, 11) is 0. The molecule has 1 N–H and O–H groups in total. The maximum Gasteiger partial charge on any atom is 0.267 e. The van der Waals surface area contributed by atoms with E-state index in [4.69, 9.17) is 4.98 Å². The van der Waals surface area contributed by atoms with E-state index in [1.165, 1.54) is 27.8 Å². The molecule has 2 aromatic heterocycles. The SMILES string of the molecule is CSc1nc2sc3c(c2c(=O)n1-c1ccccc1)CC[NH+](CCc1ccccc1)C3. The van der Waals surface area contributed by atoms with Crippen LogP contribution in [0.15, 0.2) is 70.6 Å². The van der Waals surface area contributed by atoms with Gasteiger partial charge in [0, 0.05) is 12.8 Å². The Morgan fingerprint density at radius 3 is 2.57 bits per heavy atom. The first kappa shape index (κ1) is 19.5. The van der Waals surface area contributed by atoms with Gasteiger partial charge in [0.2, 0.25) is 0 Å². The van der Waals surface area contributed by atoms with Crippen LogP contribution in [-0.2, 0) is 19.4 Å². The van der Waals surface area contributed by atoms with E-state index in [0.29, 0.717) is 0 Å². The Labute approximate surface area is 184 Å². The first-order chi connectivity index (χ1) is 14.7. The third kappa shape index (κ3) is 3.60. The molecular weight excluding hydrogens is 410 g/mol. The fourth-order valence-corrected chi connectivity index (χ4v) is 6.17. The second-order valence-electron chi connectivity index (χ2n) is 7.67. The van der Waals surface area contributed by atoms with Gasteiger partial charge in [-0.15, -0.1) is 11.3 Å². The molecule has 3 heterocycles. The van der Waals surface area contributed by atoms with Gasteiger partial charge in [-0.05, 0) is 29.5 Å². The highest BCUT2D eigenvalue weighted by Gasteiger charge is 2.27. The Hall–Kier alpha value is -2.41. The van der Waals surface area contributed by atoms with E-state index in [9.17, 15) is 4.79 Å². The average molecular weight is 435 g/mol. The Bertz CT molecular complexity index is 1230. The van der Waals surface area contributed by atoms with E-state index in [1.54, 1.807) is 20.8 Å². The predicted octanol–water partition coefficient (Wildman–Crippen LogP) is 3.35. The molecule has 30 heavy (non-hydrogen) atoms. The molecule has 0 radical (unpaired) electrons. The van der Waals surface area contributed by atoms with E-state index in [-0.39, 0.29) is 5.56 Å². The van der Waals surface area contributed by atoms with Crippen LogP contribution >= 0.6 is 23.1 Å². The minimum atomic E-state index is 0.0702. The smallest absolute Gasteiger partial charge is 0.267 e. The maximum absolute atomic E-state index is 13.5. The van der Waals surface area contributed by atoms with E-state index >= 15 is 0 Å². The van der Waals surface area contributed by atoms with Crippen molar-refractivity contribution in [3.05, 3.63) is 87.0 Å². The largest absolute Gasteiger partial charge is 0.330 e. The van der Waals surface area contributed by atoms with Crippen molar-refractivity contribution in [3.63, 3.8) is 0 Å². The number of hydrogen-bond donors (Lipinski definition) is 1. The van der Waals surface area contributed by atoms with Crippen molar-refractivity contribution in [3.8, 4) is 5.69 Å². The van der Waals surface area contributed by atoms with Crippen molar-refractivity contribution in [1.29, 1.82) is 0 Å². The number of rotatable bonds is 5. The lowest BCUT2D eigenvalue weighted by Crippen LogP contribution is -3.11. The molecule has 152 valence electrons. The van der Waals surface area contributed by atoms with Gasteiger partial charge in [0.25, 0.3) is 5.56 Å². The van der Waals surface area contributed by atoms with Gasteiger partial charge in [0.1, 0.15) is 11.4 Å². The number of benzene rings is 2. The van der Waals surface area contributed by atoms with Gasteiger partial charge in [-0.25, -0.2) is 4.98 Å². The zero-order chi connectivity index (χ0) is 20.5. The lowest BCUT2D eigenvalue weighted by Gasteiger charge is -2.24. The molecule has 1 atom stereocenters. The summed E-state index contributed by atoms with van der Waals surface area (Å²) >= 11 is 3.24. The van der Waals surface area contributed by atoms with Crippen LogP contribution in [-0.4, -0.2) is 28.9 Å². The second-order valence-corrected chi connectivity index (χ2v) is 9.53. The highest BCUT2D eigenvalue weighted by molar-refractivity contribution is 7.98. The van der Waals surface area contributed by atoms with Crippen LogP contribution in [0.2, 0.25) is 0 Å². The molecule has 1 aliphatic heterocycles. The zero-order valence-corrected chi connectivity index (χ0v) is 18.6. The van der Waals surface area contributed by atoms with Crippen molar-refractivity contribution < 1.29 is 4.90 Å². The van der Waals surface area contributed by atoms with Gasteiger partial charge in [-0.2, -0.15) is 0 Å². The summed E-state index contributed by atoms with van der Waals surface area (Å²) in [5, 5.41) is 1.59. The molecule has 0 aliphatic carbocycles. The van der Waals surface area contributed by atoms with E-state index < -0.39 is 0 Å². The molecule has 0 spiro atoms. The minimum Gasteiger partial charge on any atom is -0.330 e. The third-order valence-electron chi connectivity index (χ3n) is 5.82. The molecule has 0 fully saturated rings. The molecule has 1 aliphatic rings. The van der Waals surface area contributed by atoms with Crippen molar-refractivity contribution in [2.45, 2.75) is 24.5 Å². The molecule has 6 heteroatoms. The number of quaternary nitrogens is 1. The van der Waals surface area contributed by atoms with Gasteiger partial charge in [0.15, 0.2) is 5.16 Å². The Morgan fingerprint density at radius 1 is 1.10 bits per heavy atom. The molecule has 5 rings (SSSR count). The van der Waals surface area contributed by atoms with Gasteiger partial charge >= 0.3 is 0 Å². The fourth-order valence-electron chi connectivity index (χ4n) is 4.28. The molecule has 0 saturated heterocycles. The van der Waals surface area contributed by atoms with E-state index in [2.05, 4.69) is 30.3 Å². The molecule has 2 aromatic carbocycles. The number of thiophene rings is 1. The van der Waals surface area contributed by atoms with Crippen LogP contribution in [0.4, 0.5) is 0 Å². The van der Waals surface area contributed by atoms with Crippen LogP contribution in [0.3, 0.4) is 0 Å². The number of hydrogen-bond acceptors (Lipinski definition) is 4. The third-order valence-corrected chi connectivity index (χ3v) is 7.59. The minimum absolute atomic E-state index is 0.0702. The molecule has 4 aromatic rings. The number of nitrogens with zero attached hydrogens (tertiary/aromatic N) is 2. The van der Waals surface area contributed by atoms with E-state index in [1.807, 2.05) is 36.6 Å². The van der Waals surface area contributed by atoms with Crippen molar-refractivity contribution >= 4 is 33.3 Å². The normalized spacial score (nSPS) is 16.0. The Balaban J connectivity index is 1.49. The second kappa shape index (κ2) is 8.38. The molecule has 4 nitrogen and oxygen atoms in total. The van der Waals surface area contributed by atoms with Crippen LogP contribution in [0.1, 0.15) is 16.0 Å². The molecule has 0 saturated carbocycles. The predicted molar refractivity (Wildman–Crippen MR) is 125 cm³/mol. The molecular formula is C24H24N3OS2+. The zero-order valence-electron chi connectivity index (χ0n) is 16.9. The number of nitrogens with one attached hydrogen (secondary N) is 1. The molecule has 0 amide bonds. The Morgan fingerprint density at radius 2 is 1.83 bits per heavy atom. The maximum atomic E-state index is 13.5. The van der Waals surface area contributed by atoms with Gasteiger partial charge < -0.3 is 4.90 Å². The number of para-hydroxylation sites is 1. The van der Waals surface area contributed by atoms with Gasteiger partial charge in [-0.1, -0.05) is 60.3 Å². The molecule has 0 bridgehead atoms. The summed E-state index contributed by atoms with van der Waals surface area (Å²) in [6.45, 7) is 3.18. The summed E-state index contributed by atoms with van der Waals surface area (Å²) in [6, 6.07) is 20.5. The standard InChI is InChI=1S/C24H23N3OS2/c1-29-24-25-22-21(23(28)27(24)18-10-6-3-7-11-18)19-13-15-26(16-20(19)30-22)14-12-17-8-4-2-5-9-17/h2-11H,12-16H2,1H3/p+1. The average Bonchev–Trinajstić information content (AvgIpc) is 3.16. The highest BCUT2D eigenvalue weighted by Crippen LogP contribution is 2.31. The van der Waals surface area contributed by atoms with Crippen LogP contribution in [0, 0.1) is 0 Å². The topological polar surface area (TPSA) is 39.3 Å². The number of fused-ring (bicyclic) bond motifs is 3. The van der Waals surface area contributed by atoms with Crippen LogP contribution in [0.25, 0.3) is 15.9 Å². The summed E-state index contributed by atoms with van der Waals surface area (Å²) in [6.07, 6.45) is 4.02. The first-order valence-corrected chi connectivity index (χ1v) is 12.3. The monoisotopic (exact) mass is 434 g/mol. The first-order valence-electron chi connectivity index (χ1n) is 10.3. The summed E-state index contributed by atoms with van der Waals surface area (Å²) < 4.78 is 1.77. The summed E-state index contributed by atoms with van der Waals surface area (Å²) in [4.78, 5) is 22.3. The fraction of sp³-hybridized carbons (Fsp3) is 0.250. The van der Waals surface area contributed by atoms with Crippen LogP contribution < -0.4 is 10.5 Å². The van der Waals surface area contributed by atoms with Crippen molar-refractivity contribution in [2.24, 2.45) is 0 Å². The quantitative estimate of drug-likeness (QED) is 0.387. The van der Waals surface area contributed by atoms with Crippen molar-refractivity contribution in [2.75, 3.05) is 19.3 Å². The van der Waals surface area contributed by atoms with Gasteiger partial charge in [-0.3, -0.25) is 9.36 Å².